The van der Waals surface area contributed by atoms with Crippen molar-refractivity contribution in [3.63, 3.8) is 0 Å². The van der Waals surface area contributed by atoms with Crippen LogP contribution in [-0.4, -0.2) is 34.0 Å². The smallest absolute Gasteiger partial charge is 0.147 e. The Morgan fingerprint density at radius 1 is 1.22 bits per heavy atom. The summed E-state index contributed by atoms with van der Waals surface area (Å²) >= 11 is 9.56. The van der Waals surface area contributed by atoms with Gasteiger partial charge in [-0.25, -0.2) is 9.97 Å². The quantitative estimate of drug-likeness (QED) is 0.738. The molecule has 18 heavy (non-hydrogen) atoms. The second-order valence-electron chi connectivity index (χ2n) is 5.49. The van der Waals surface area contributed by atoms with Gasteiger partial charge in [-0.1, -0.05) is 11.6 Å². The lowest BCUT2D eigenvalue weighted by atomic mass is 9.90. The number of halogens is 2. The molecule has 3 nitrogen and oxygen atoms in total. The van der Waals surface area contributed by atoms with Gasteiger partial charge in [0.1, 0.15) is 11.0 Å². The van der Waals surface area contributed by atoms with Gasteiger partial charge in [-0.05, 0) is 55.6 Å². The molecule has 2 atom stereocenters. The van der Waals surface area contributed by atoms with Crippen LogP contribution in [0.4, 0.5) is 0 Å². The SMILES string of the molecule is Cc1nc(C2CC3CCC(C2)N3C)nc(Cl)c1Br. The minimum Gasteiger partial charge on any atom is -0.300 e. The highest BCUT2D eigenvalue weighted by atomic mass is 79.9. The lowest BCUT2D eigenvalue weighted by Crippen LogP contribution is -2.39. The third-order valence-corrected chi connectivity index (χ3v) is 5.91. The molecule has 98 valence electrons. The van der Waals surface area contributed by atoms with E-state index in [0.29, 0.717) is 23.2 Å². The van der Waals surface area contributed by atoms with E-state index in [-0.39, 0.29) is 0 Å². The Bertz CT molecular complexity index is 442. The summed E-state index contributed by atoms with van der Waals surface area (Å²) in [4.78, 5) is 11.6. The van der Waals surface area contributed by atoms with Gasteiger partial charge < -0.3 is 4.90 Å². The third kappa shape index (κ3) is 2.08. The van der Waals surface area contributed by atoms with Crippen molar-refractivity contribution >= 4 is 27.5 Å². The summed E-state index contributed by atoms with van der Waals surface area (Å²) < 4.78 is 0.823. The summed E-state index contributed by atoms with van der Waals surface area (Å²) in [5.74, 6) is 1.41. The number of hydrogen-bond donors (Lipinski definition) is 0. The van der Waals surface area contributed by atoms with Crippen LogP contribution < -0.4 is 0 Å². The van der Waals surface area contributed by atoms with Crippen LogP contribution in [0.3, 0.4) is 0 Å². The van der Waals surface area contributed by atoms with Crippen molar-refractivity contribution in [3.05, 3.63) is 21.1 Å². The maximum atomic E-state index is 6.15. The molecule has 5 heteroatoms. The number of nitrogens with zero attached hydrogens (tertiary/aromatic N) is 3. The molecule has 1 aromatic heterocycles. The molecule has 0 N–H and O–H groups in total. The Kier molecular flexibility index (Phi) is 3.37. The number of fused-ring (bicyclic) bond motifs is 2. The Morgan fingerprint density at radius 2 is 1.83 bits per heavy atom. The van der Waals surface area contributed by atoms with E-state index in [1.807, 2.05) is 6.92 Å². The Balaban J connectivity index is 1.88. The molecule has 2 bridgehead atoms. The molecule has 2 aliphatic heterocycles. The summed E-state index contributed by atoms with van der Waals surface area (Å²) in [7, 11) is 2.25. The zero-order chi connectivity index (χ0) is 12.9. The summed E-state index contributed by atoms with van der Waals surface area (Å²) in [5.41, 5.74) is 0.941. The van der Waals surface area contributed by atoms with Crippen LogP contribution in [0.2, 0.25) is 5.15 Å². The molecule has 2 unspecified atom stereocenters. The zero-order valence-electron chi connectivity index (χ0n) is 10.7. The number of rotatable bonds is 1. The van der Waals surface area contributed by atoms with Gasteiger partial charge in [0.15, 0.2) is 0 Å². The third-order valence-electron chi connectivity index (χ3n) is 4.46. The minimum atomic E-state index is 0.475. The summed E-state index contributed by atoms with van der Waals surface area (Å²) in [6.07, 6.45) is 4.98. The molecular weight excluding hydrogens is 314 g/mol. The highest BCUT2D eigenvalue weighted by molar-refractivity contribution is 9.10. The first-order chi connectivity index (χ1) is 8.56. The van der Waals surface area contributed by atoms with Crippen molar-refractivity contribution < 1.29 is 0 Å². The van der Waals surface area contributed by atoms with Crippen molar-refractivity contribution in [2.45, 2.75) is 50.6 Å². The van der Waals surface area contributed by atoms with Crippen LogP contribution in [0.5, 0.6) is 0 Å². The number of hydrogen-bond acceptors (Lipinski definition) is 3. The first kappa shape index (κ1) is 12.8. The van der Waals surface area contributed by atoms with Gasteiger partial charge in [0, 0.05) is 18.0 Å². The van der Waals surface area contributed by atoms with Crippen molar-refractivity contribution in [2.24, 2.45) is 0 Å². The fraction of sp³-hybridized carbons (Fsp3) is 0.692. The van der Waals surface area contributed by atoms with E-state index in [1.165, 1.54) is 25.7 Å². The van der Waals surface area contributed by atoms with E-state index in [2.05, 4.69) is 37.8 Å². The van der Waals surface area contributed by atoms with Gasteiger partial charge in [-0.15, -0.1) is 0 Å². The van der Waals surface area contributed by atoms with Crippen LogP contribution >= 0.6 is 27.5 Å². The molecule has 0 aromatic carbocycles. The molecule has 3 heterocycles. The van der Waals surface area contributed by atoms with Gasteiger partial charge in [-0.3, -0.25) is 0 Å². The van der Waals surface area contributed by atoms with Crippen molar-refractivity contribution in [2.75, 3.05) is 7.05 Å². The molecule has 2 saturated heterocycles. The average molecular weight is 331 g/mol. The maximum Gasteiger partial charge on any atom is 0.147 e. The van der Waals surface area contributed by atoms with Gasteiger partial charge in [0.25, 0.3) is 0 Å². The standard InChI is InChI=1S/C13H17BrClN3/c1-7-11(14)12(15)17-13(16-7)8-5-9-3-4-10(6-8)18(9)2/h8-10H,3-6H2,1-2H3. The van der Waals surface area contributed by atoms with E-state index in [4.69, 9.17) is 11.6 Å². The number of aryl methyl sites for hydroxylation is 1. The van der Waals surface area contributed by atoms with E-state index in [0.717, 1.165) is 16.0 Å². The zero-order valence-corrected chi connectivity index (χ0v) is 13.0. The molecule has 0 amide bonds. The van der Waals surface area contributed by atoms with Crippen LogP contribution in [0.1, 0.15) is 43.1 Å². The normalized spacial score (nSPS) is 31.9. The molecule has 2 fully saturated rings. The Hall–Kier alpha value is -0.190. The van der Waals surface area contributed by atoms with Crippen LogP contribution in [0.25, 0.3) is 0 Å². The van der Waals surface area contributed by atoms with Crippen molar-refractivity contribution in [1.82, 2.24) is 14.9 Å². The van der Waals surface area contributed by atoms with Crippen LogP contribution in [0.15, 0.2) is 4.47 Å². The summed E-state index contributed by atoms with van der Waals surface area (Å²) in [6.45, 7) is 1.98. The molecule has 1 aromatic rings. The first-order valence-electron chi connectivity index (χ1n) is 6.47. The highest BCUT2D eigenvalue weighted by Crippen LogP contribution is 2.41. The predicted molar refractivity (Wildman–Crippen MR) is 76.0 cm³/mol. The largest absolute Gasteiger partial charge is 0.300 e. The second kappa shape index (κ2) is 4.73. The average Bonchev–Trinajstić information content (AvgIpc) is 2.57. The van der Waals surface area contributed by atoms with Crippen molar-refractivity contribution in [3.8, 4) is 0 Å². The van der Waals surface area contributed by atoms with Gasteiger partial charge in [0.2, 0.25) is 0 Å². The molecule has 2 aliphatic rings. The number of piperidine rings is 1. The lowest BCUT2D eigenvalue weighted by molar-refractivity contribution is 0.159. The lowest BCUT2D eigenvalue weighted by Gasteiger charge is -2.35. The fourth-order valence-corrected chi connectivity index (χ4v) is 3.75. The molecule has 3 rings (SSSR count). The van der Waals surface area contributed by atoms with Crippen LogP contribution in [-0.2, 0) is 0 Å². The molecule has 0 spiro atoms. The summed E-state index contributed by atoms with van der Waals surface area (Å²) in [5, 5.41) is 0.545. The summed E-state index contributed by atoms with van der Waals surface area (Å²) in [6, 6.07) is 1.42. The van der Waals surface area contributed by atoms with E-state index >= 15 is 0 Å². The first-order valence-corrected chi connectivity index (χ1v) is 7.65. The fourth-order valence-electron chi connectivity index (χ4n) is 3.35. The number of aromatic nitrogens is 2. The van der Waals surface area contributed by atoms with E-state index in [9.17, 15) is 0 Å². The second-order valence-corrected chi connectivity index (χ2v) is 6.64. The molecular formula is C13H17BrClN3. The van der Waals surface area contributed by atoms with Crippen LogP contribution in [0, 0.1) is 6.92 Å². The molecule has 0 aliphatic carbocycles. The molecule has 0 saturated carbocycles. The minimum absolute atomic E-state index is 0.475. The van der Waals surface area contributed by atoms with Crippen molar-refractivity contribution in [1.29, 1.82) is 0 Å². The Labute approximate surface area is 121 Å². The van der Waals surface area contributed by atoms with E-state index in [1.54, 1.807) is 0 Å². The molecule has 0 radical (unpaired) electrons. The van der Waals surface area contributed by atoms with Gasteiger partial charge >= 0.3 is 0 Å². The maximum absolute atomic E-state index is 6.15. The van der Waals surface area contributed by atoms with Gasteiger partial charge in [-0.2, -0.15) is 0 Å². The van der Waals surface area contributed by atoms with Gasteiger partial charge in [0.05, 0.1) is 10.2 Å². The Morgan fingerprint density at radius 3 is 2.39 bits per heavy atom. The monoisotopic (exact) mass is 329 g/mol. The topological polar surface area (TPSA) is 29.0 Å². The van der Waals surface area contributed by atoms with E-state index < -0.39 is 0 Å². The predicted octanol–water partition coefficient (Wildman–Crippen LogP) is 3.54. The highest BCUT2D eigenvalue weighted by Gasteiger charge is 2.39.